The minimum Gasteiger partial charge on any atom is -0.334 e. The fourth-order valence-electron chi connectivity index (χ4n) is 2.97. The molecule has 0 spiro atoms. The number of piperazine rings is 1. The van der Waals surface area contributed by atoms with Crippen molar-refractivity contribution in [1.82, 2.24) is 23.7 Å². The van der Waals surface area contributed by atoms with Gasteiger partial charge in [0.05, 0.1) is 5.51 Å². The molecule has 0 aliphatic carbocycles. The SMILES string of the molecule is CCn1cc(S(=O)(=O)N2CCN(C(=O)c3cscn3)[C@@H](C)C2)nc1C. The summed E-state index contributed by atoms with van der Waals surface area (Å²) < 4.78 is 28.9. The molecule has 1 amide bonds. The third-order valence-electron chi connectivity index (χ3n) is 4.40. The lowest BCUT2D eigenvalue weighted by Crippen LogP contribution is -2.55. The van der Waals surface area contributed by atoms with E-state index in [1.54, 1.807) is 33.5 Å². The summed E-state index contributed by atoms with van der Waals surface area (Å²) in [6, 6.07) is -0.230. The van der Waals surface area contributed by atoms with Crippen molar-refractivity contribution < 1.29 is 13.2 Å². The predicted octanol–water partition coefficient (Wildman–Crippen LogP) is 1.20. The second-order valence-electron chi connectivity index (χ2n) is 6.00. The Morgan fingerprint density at radius 2 is 2.16 bits per heavy atom. The van der Waals surface area contributed by atoms with Gasteiger partial charge in [-0.1, -0.05) is 0 Å². The third kappa shape index (κ3) is 3.33. The Bertz CT molecular complexity index is 860. The number of hydrogen-bond donors (Lipinski definition) is 0. The van der Waals surface area contributed by atoms with E-state index >= 15 is 0 Å². The van der Waals surface area contributed by atoms with Crippen molar-refractivity contribution in [3.63, 3.8) is 0 Å². The van der Waals surface area contributed by atoms with E-state index in [2.05, 4.69) is 9.97 Å². The maximum atomic E-state index is 12.9. The molecule has 0 N–H and O–H groups in total. The first-order valence-electron chi connectivity index (χ1n) is 8.07. The van der Waals surface area contributed by atoms with Gasteiger partial charge in [0, 0.05) is 43.8 Å². The summed E-state index contributed by atoms with van der Waals surface area (Å²) in [7, 11) is -3.66. The molecule has 1 fully saturated rings. The zero-order chi connectivity index (χ0) is 18.2. The Labute approximate surface area is 151 Å². The van der Waals surface area contributed by atoms with Crippen LogP contribution in [0.2, 0.25) is 0 Å². The Morgan fingerprint density at radius 3 is 2.72 bits per heavy atom. The maximum Gasteiger partial charge on any atom is 0.273 e. The van der Waals surface area contributed by atoms with Gasteiger partial charge in [0.25, 0.3) is 15.9 Å². The molecule has 1 atom stereocenters. The normalized spacial score (nSPS) is 19.3. The van der Waals surface area contributed by atoms with E-state index in [-0.39, 0.29) is 30.1 Å². The molecule has 3 rings (SSSR count). The van der Waals surface area contributed by atoms with Gasteiger partial charge in [-0.3, -0.25) is 4.79 Å². The first-order chi connectivity index (χ1) is 11.8. The van der Waals surface area contributed by atoms with Gasteiger partial charge in [-0.2, -0.15) is 4.31 Å². The van der Waals surface area contributed by atoms with Gasteiger partial charge < -0.3 is 9.47 Å². The summed E-state index contributed by atoms with van der Waals surface area (Å²) in [6.45, 7) is 7.08. The monoisotopic (exact) mass is 383 g/mol. The molecular formula is C15H21N5O3S2. The lowest BCUT2D eigenvalue weighted by atomic mass is 10.2. The highest BCUT2D eigenvalue weighted by molar-refractivity contribution is 7.89. The average molecular weight is 383 g/mol. The molecule has 1 aliphatic rings. The van der Waals surface area contributed by atoms with Gasteiger partial charge in [0.15, 0.2) is 5.03 Å². The maximum absolute atomic E-state index is 12.9. The standard InChI is InChI=1S/C15H21N5O3S2/c1-4-18-8-14(17-12(18)3)25(22,23)19-5-6-20(11(2)7-19)15(21)13-9-24-10-16-13/h8-11H,4-7H2,1-3H3/t11-/m0/s1. The molecule has 25 heavy (non-hydrogen) atoms. The molecule has 0 saturated carbocycles. The fourth-order valence-corrected chi connectivity index (χ4v) is 5.00. The van der Waals surface area contributed by atoms with E-state index in [1.807, 2.05) is 13.8 Å². The molecular weight excluding hydrogens is 362 g/mol. The molecule has 1 saturated heterocycles. The summed E-state index contributed by atoms with van der Waals surface area (Å²) in [6.07, 6.45) is 1.57. The zero-order valence-electron chi connectivity index (χ0n) is 14.4. The van der Waals surface area contributed by atoms with Crippen LogP contribution in [0.1, 0.15) is 30.2 Å². The smallest absolute Gasteiger partial charge is 0.273 e. The molecule has 136 valence electrons. The first-order valence-corrected chi connectivity index (χ1v) is 10.5. The van der Waals surface area contributed by atoms with Gasteiger partial charge in [0.1, 0.15) is 11.5 Å². The van der Waals surface area contributed by atoms with Crippen LogP contribution in [-0.2, 0) is 16.6 Å². The van der Waals surface area contributed by atoms with E-state index in [4.69, 9.17) is 0 Å². The fraction of sp³-hybridized carbons (Fsp3) is 0.533. The molecule has 0 aromatic carbocycles. The average Bonchev–Trinajstić information content (AvgIpc) is 3.23. The number of nitrogens with zero attached hydrogens (tertiary/aromatic N) is 5. The van der Waals surface area contributed by atoms with Crippen molar-refractivity contribution in [2.75, 3.05) is 19.6 Å². The van der Waals surface area contributed by atoms with E-state index < -0.39 is 10.0 Å². The second kappa shape index (κ2) is 6.85. The van der Waals surface area contributed by atoms with Crippen molar-refractivity contribution in [3.05, 3.63) is 28.6 Å². The van der Waals surface area contributed by atoms with Crippen molar-refractivity contribution >= 4 is 27.3 Å². The molecule has 2 aromatic rings. The van der Waals surface area contributed by atoms with Crippen molar-refractivity contribution in [2.45, 2.75) is 38.4 Å². The highest BCUT2D eigenvalue weighted by Gasteiger charge is 2.36. The number of aryl methyl sites for hydroxylation is 2. The van der Waals surface area contributed by atoms with Gasteiger partial charge in [-0.15, -0.1) is 11.3 Å². The summed E-state index contributed by atoms with van der Waals surface area (Å²) in [5.74, 6) is 0.517. The Balaban J connectivity index is 1.76. The number of rotatable bonds is 4. The molecule has 0 bridgehead atoms. The molecule has 0 radical (unpaired) electrons. The van der Waals surface area contributed by atoms with E-state index in [0.717, 1.165) is 0 Å². The van der Waals surface area contributed by atoms with Gasteiger partial charge in [-0.05, 0) is 20.8 Å². The summed E-state index contributed by atoms with van der Waals surface area (Å²) in [5.41, 5.74) is 2.02. The van der Waals surface area contributed by atoms with Crippen LogP contribution in [0, 0.1) is 6.92 Å². The number of amides is 1. The number of imidazole rings is 1. The Kier molecular flexibility index (Phi) is 4.94. The Morgan fingerprint density at radius 1 is 1.40 bits per heavy atom. The molecule has 1 aliphatic heterocycles. The number of aromatic nitrogens is 3. The highest BCUT2D eigenvalue weighted by atomic mass is 32.2. The second-order valence-corrected chi connectivity index (χ2v) is 8.60. The Hall–Kier alpha value is -1.78. The van der Waals surface area contributed by atoms with E-state index in [0.29, 0.717) is 24.6 Å². The van der Waals surface area contributed by atoms with E-state index in [1.165, 1.54) is 15.6 Å². The topological polar surface area (TPSA) is 88.4 Å². The third-order valence-corrected chi connectivity index (χ3v) is 6.72. The zero-order valence-corrected chi connectivity index (χ0v) is 16.0. The first kappa shape index (κ1) is 18.0. The minimum atomic E-state index is -3.66. The quantitative estimate of drug-likeness (QED) is 0.792. The summed E-state index contributed by atoms with van der Waals surface area (Å²) in [4.78, 5) is 22.4. The predicted molar refractivity (Wildman–Crippen MR) is 94.0 cm³/mol. The van der Waals surface area contributed by atoms with Crippen molar-refractivity contribution in [2.24, 2.45) is 0 Å². The van der Waals surface area contributed by atoms with Gasteiger partial charge in [0.2, 0.25) is 0 Å². The molecule has 0 unspecified atom stereocenters. The summed E-state index contributed by atoms with van der Waals surface area (Å²) in [5, 5.41) is 1.77. The van der Waals surface area contributed by atoms with Gasteiger partial charge >= 0.3 is 0 Å². The summed E-state index contributed by atoms with van der Waals surface area (Å²) >= 11 is 1.37. The van der Waals surface area contributed by atoms with Crippen LogP contribution in [0.5, 0.6) is 0 Å². The lowest BCUT2D eigenvalue weighted by Gasteiger charge is -2.38. The van der Waals surface area contributed by atoms with Crippen LogP contribution in [0.3, 0.4) is 0 Å². The van der Waals surface area contributed by atoms with Crippen LogP contribution in [0.25, 0.3) is 0 Å². The number of sulfonamides is 1. The van der Waals surface area contributed by atoms with Crippen molar-refractivity contribution in [3.8, 4) is 0 Å². The largest absolute Gasteiger partial charge is 0.334 e. The molecule has 8 nitrogen and oxygen atoms in total. The van der Waals surface area contributed by atoms with Gasteiger partial charge in [-0.25, -0.2) is 18.4 Å². The van der Waals surface area contributed by atoms with Crippen LogP contribution in [-0.4, -0.2) is 63.7 Å². The number of carbonyl (C=O) groups is 1. The van der Waals surface area contributed by atoms with Crippen molar-refractivity contribution in [1.29, 1.82) is 0 Å². The van der Waals surface area contributed by atoms with Crippen LogP contribution < -0.4 is 0 Å². The number of thiazole rings is 1. The lowest BCUT2D eigenvalue weighted by molar-refractivity contribution is 0.0586. The van der Waals surface area contributed by atoms with Crippen LogP contribution in [0.4, 0.5) is 0 Å². The highest BCUT2D eigenvalue weighted by Crippen LogP contribution is 2.21. The van der Waals surface area contributed by atoms with Crippen LogP contribution >= 0.6 is 11.3 Å². The molecule has 3 heterocycles. The van der Waals surface area contributed by atoms with Crippen LogP contribution in [0.15, 0.2) is 22.1 Å². The number of hydrogen-bond acceptors (Lipinski definition) is 6. The molecule has 10 heteroatoms. The number of carbonyl (C=O) groups excluding carboxylic acids is 1. The van der Waals surface area contributed by atoms with E-state index in [9.17, 15) is 13.2 Å². The minimum absolute atomic E-state index is 0.0679. The molecule has 2 aromatic heterocycles.